The van der Waals surface area contributed by atoms with Gasteiger partial charge >= 0.3 is 0 Å². The lowest BCUT2D eigenvalue weighted by Crippen LogP contribution is -2.49. The minimum absolute atomic E-state index is 0.0658. The molecule has 9 nitrogen and oxygen atoms in total. The maximum atomic E-state index is 12.9. The van der Waals surface area contributed by atoms with E-state index in [0.29, 0.717) is 30.2 Å². The number of methoxy groups -OCH3 is 2. The van der Waals surface area contributed by atoms with Crippen molar-refractivity contribution in [2.45, 2.75) is 24.8 Å². The summed E-state index contributed by atoms with van der Waals surface area (Å²) in [7, 11) is -0.587. The van der Waals surface area contributed by atoms with Crippen LogP contribution in [-0.4, -0.2) is 69.8 Å². The number of ether oxygens (including phenoxy) is 2. The van der Waals surface area contributed by atoms with Crippen molar-refractivity contribution in [2.24, 2.45) is 0 Å². The average molecular weight is 476 g/mol. The number of nitrogens with one attached hydrogen (secondary N) is 1. The summed E-state index contributed by atoms with van der Waals surface area (Å²) in [6.07, 6.45) is 0. The Labute approximate surface area is 194 Å². The van der Waals surface area contributed by atoms with E-state index in [9.17, 15) is 18.0 Å². The summed E-state index contributed by atoms with van der Waals surface area (Å²) in [5.74, 6) is 0.838. The van der Waals surface area contributed by atoms with Crippen LogP contribution in [0.15, 0.2) is 47.4 Å². The molecule has 0 saturated carbocycles. The molecule has 1 atom stereocenters. The number of amides is 2. The number of carbonyl (C=O) groups is 2. The van der Waals surface area contributed by atoms with E-state index >= 15 is 0 Å². The van der Waals surface area contributed by atoms with Crippen molar-refractivity contribution in [3.05, 3.63) is 53.6 Å². The fraction of sp³-hybridized carbons (Fsp3) is 0.391. The molecule has 178 valence electrons. The van der Waals surface area contributed by atoms with E-state index in [2.05, 4.69) is 5.32 Å². The van der Waals surface area contributed by atoms with Crippen molar-refractivity contribution in [2.75, 3.05) is 40.4 Å². The van der Waals surface area contributed by atoms with Gasteiger partial charge in [0.05, 0.1) is 25.2 Å². The Kier molecular flexibility index (Phi) is 7.60. The predicted molar refractivity (Wildman–Crippen MR) is 123 cm³/mol. The van der Waals surface area contributed by atoms with Crippen LogP contribution in [0.25, 0.3) is 0 Å². The number of hydrogen-bond donors (Lipinski definition) is 1. The Morgan fingerprint density at radius 1 is 0.970 bits per heavy atom. The molecule has 10 heteroatoms. The number of rotatable bonds is 7. The van der Waals surface area contributed by atoms with Gasteiger partial charge in [-0.1, -0.05) is 0 Å². The van der Waals surface area contributed by atoms with Crippen molar-refractivity contribution in [3.8, 4) is 11.5 Å². The molecule has 1 aliphatic rings. The quantitative estimate of drug-likeness (QED) is 0.657. The highest BCUT2D eigenvalue weighted by molar-refractivity contribution is 7.89. The molecule has 33 heavy (non-hydrogen) atoms. The molecular formula is C23H29N3O6S. The number of nitrogens with zero attached hydrogens (tertiary/aromatic N) is 2. The summed E-state index contributed by atoms with van der Waals surface area (Å²) in [6, 6.07) is 10.9. The van der Waals surface area contributed by atoms with Crippen LogP contribution in [0.1, 0.15) is 35.8 Å². The maximum Gasteiger partial charge on any atom is 0.251 e. The van der Waals surface area contributed by atoms with E-state index in [-0.39, 0.29) is 35.8 Å². The molecule has 1 heterocycles. The largest absolute Gasteiger partial charge is 0.497 e. The highest BCUT2D eigenvalue weighted by atomic mass is 32.2. The van der Waals surface area contributed by atoms with E-state index in [1.165, 1.54) is 35.5 Å². The van der Waals surface area contributed by atoms with Crippen LogP contribution in [0.2, 0.25) is 0 Å². The maximum absolute atomic E-state index is 12.9. The first-order valence-electron chi connectivity index (χ1n) is 10.6. The monoisotopic (exact) mass is 475 g/mol. The SMILES string of the molecule is COc1ccc(C(C)NC(=O)c2ccc(S(=O)(=O)N3CCN(C(C)=O)CC3)cc2)c(OC)c1. The van der Waals surface area contributed by atoms with Crippen molar-refractivity contribution in [3.63, 3.8) is 0 Å². The highest BCUT2D eigenvalue weighted by Crippen LogP contribution is 2.29. The Hall–Kier alpha value is -3.11. The molecule has 1 aliphatic heterocycles. The molecule has 0 aromatic heterocycles. The molecule has 2 amide bonds. The number of piperazine rings is 1. The lowest BCUT2D eigenvalue weighted by atomic mass is 10.1. The van der Waals surface area contributed by atoms with Crippen LogP contribution < -0.4 is 14.8 Å². The summed E-state index contributed by atoms with van der Waals surface area (Å²) >= 11 is 0. The highest BCUT2D eigenvalue weighted by Gasteiger charge is 2.29. The topological polar surface area (TPSA) is 105 Å². The Balaban J connectivity index is 1.68. The van der Waals surface area contributed by atoms with Gasteiger partial charge in [0.15, 0.2) is 0 Å². The third-order valence-corrected chi connectivity index (χ3v) is 7.61. The number of hydrogen-bond acceptors (Lipinski definition) is 6. The van der Waals surface area contributed by atoms with Gasteiger partial charge in [-0.2, -0.15) is 4.31 Å². The van der Waals surface area contributed by atoms with Crippen molar-refractivity contribution in [1.82, 2.24) is 14.5 Å². The van der Waals surface area contributed by atoms with Crippen molar-refractivity contribution in [1.29, 1.82) is 0 Å². The first-order chi connectivity index (χ1) is 15.7. The summed E-state index contributed by atoms with van der Waals surface area (Å²) in [4.78, 5) is 25.9. The van der Waals surface area contributed by atoms with Gasteiger partial charge < -0.3 is 19.7 Å². The Bertz CT molecular complexity index is 1110. The molecule has 0 bridgehead atoms. The van der Waals surface area contributed by atoms with Gasteiger partial charge in [-0.3, -0.25) is 9.59 Å². The second-order valence-corrected chi connectivity index (χ2v) is 9.68. The molecule has 1 N–H and O–H groups in total. The van der Waals surface area contributed by atoms with E-state index in [1.54, 1.807) is 31.3 Å². The van der Waals surface area contributed by atoms with Crippen LogP contribution in [0.4, 0.5) is 0 Å². The molecule has 0 spiro atoms. The predicted octanol–water partition coefficient (Wildman–Crippen LogP) is 2.05. The first-order valence-corrected chi connectivity index (χ1v) is 12.0. The number of sulfonamides is 1. The summed E-state index contributed by atoms with van der Waals surface area (Å²) in [5.41, 5.74) is 1.13. The molecule has 1 saturated heterocycles. The zero-order chi connectivity index (χ0) is 24.2. The Morgan fingerprint density at radius 3 is 2.15 bits per heavy atom. The summed E-state index contributed by atoms with van der Waals surface area (Å²) in [6.45, 7) is 4.52. The van der Waals surface area contributed by atoms with Gasteiger partial charge in [-0.05, 0) is 43.3 Å². The van der Waals surface area contributed by atoms with Gasteiger partial charge in [-0.25, -0.2) is 8.42 Å². The molecule has 0 aliphatic carbocycles. The zero-order valence-electron chi connectivity index (χ0n) is 19.2. The van der Waals surface area contributed by atoms with Gasteiger partial charge in [0.1, 0.15) is 11.5 Å². The van der Waals surface area contributed by atoms with Crippen LogP contribution in [0.3, 0.4) is 0 Å². The average Bonchev–Trinajstić information content (AvgIpc) is 2.83. The first kappa shape index (κ1) is 24.5. The normalized spacial score (nSPS) is 15.6. The second kappa shape index (κ2) is 10.2. The molecule has 2 aromatic carbocycles. The smallest absolute Gasteiger partial charge is 0.251 e. The van der Waals surface area contributed by atoms with Gasteiger partial charge in [0.2, 0.25) is 15.9 Å². The molecule has 1 fully saturated rings. The number of carbonyl (C=O) groups excluding carboxylic acids is 2. The van der Waals surface area contributed by atoms with Gasteiger partial charge in [-0.15, -0.1) is 0 Å². The third-order valence-electron chi connectivity index (χ3n) is 5.69. The number of benzene rings is 2. The van der Waals surface area contributed by atoms with Crippen molar-refractivity contribution >= 4 is 21.8 Å². The van der Waals surface area contributed by atoms with E-state index < -0.39 is 10.0 Å². The Morgan fingerprint density at radius 2 is 1.61 bits per heavy atom. The van der Waals surface area contributed by atoms with Crippen LogP contribution in [-0.2, 0) is 14.8 Å². The van der Waals surface area contributed by atoms with Gasteiger partial charge in [0, 0.05) is 50.3 Å². The fourth-order valence-electron chi connectivity index (χ4n) is 3.70. The third kappa shape index (κ3) is 5.45. The molecule has 0 radical (unpaired) electrons. The molecular weight excluding hydrogens is 446 g/mol. The minimum Gasteiger partial charge on any atom is -0.497 e. The van der Waals surface area contributed by atoms with Crippen LogP contribution in [0.5, 0.6) is 11.5 Å². The van der Waals surface area contributed by atoms with Crippen molar-refractivity contribution < 1.29 is 27.5 Å². The van der Waals surface area contributed by atoms with Crippen LogP contribution in [0, 0.1) is 0 Å². The standard InChI is InChI=1S/C23H29N3O6S/c1-16(21-10-7-19(31-3)15-22(21)32-4)24-23(28)18-5-8-20(9-6-18)33(29,30)26-13-11-25(12-14-26)17(2)27/h5-10,15-16H,11-14H2,1-4H3,(H,24,28). The summed E-state index contributed by atoms with van der Waals surface area (Å²) < 4.78 is 37.8. The molecule has 1 unspecified atom stereocenters. The molecule has 2 aromatic rings. The van der Waals surface area contributed by atoms with E-state index in [0.717, 1.165) is 5.56 Å². The lowest BCUT2D eigenvalue weighted by Gasteiger charge is -2.33. The zero-order valence-corrected chi connectivity index (χ0v) is 20.0. The van der Waals surface area contributed by atoms with Crippen LogP contribution >= 0.6 is 0 Å². The molecule has 3 rings (SSSR count). The minimum atomic E-state index is -3.70. The second-order valence-electron chi connectivity index (χ2n) is 7.74. The fourth-order valence-corrected chi connectivity index (χ4v) is 5.13. The van der Waals surface area contributed by atoms with E-state index in [1.807, 2.05) is 13.0 Å². The lowest BCUT2D eigenvalue weighted by molar-refractivity contribution is -0.129. The van der Waals surface area contributed by atoms with E-state index in [4.69, 9.17) is 9.47 Å². The summed E-state index contributed by atoms with van der Waals surface area (Å²) in [5, 5.41) is 2.90. The van der Waals surface area contributed by atoms with Gasteiger partial charge in [0.25, 0.3) is 5.91 Å².